The second-order valence-electron chi connectivity index (χ2n) is 6.21. The van der Waals surface area contributed by atoms with Crippen molar-refractivity contribution in [1.82, 2.24) is 15.2 Å². The molecular formula is C19H20ClN5O. The summed E-state index contributed by atoms with van der Waals surface area (Å²) in [6.45, 7) is 4.67. The molecule has 2 aromatic rings. The zero-order valence-corrected chi connectivity index (χ0v) is 15.3. The number of nitrogens with zero attached hydrogens (tertiary/aromatic N) is 4. The first-order valence-electron chi connectivity index (χ1n) is 8.49. The Morgan fingerprint density at radius 1 is 1.19 bits per heavy atom. The monoisotopic (exact) mass is 369 g/mol. The van der Waals surface area contributed by atoms with E-state index in [1.807, 2.05) is 36.1 Å². The maximum atomic E-state index is 12.5. The number of urea groups is 1. The number of carbonyl (C=O) groups is 1. The molecule has 26 heavy (non-hydrogen) atoms. The maximum absolute atomic E-state index is 12.5. The molecule has 1 aliphatic rings. The van der Waals surface area contributed by atoms with Gasteiger partial charge in [0.05, 0.1) is 22.7 Å². The predicted molar refractivity (Wildman–Crippen MR) is 101 cm³/mol. The Bertz CT molecular complexity index is 792. The standard InChI is InChI=1S/C19H20ClN5O/c1-14(16-4-2-15(12-21)3-5-16)23-19(26)25-10-8-24(9-11-25)18-7-6-17(20)13-22-18/h2-7,13-14H,8-11H2,1H3,(H,23,26). The third kappa shape index (κ3) is 4.24. The minimum Gasteiger partial charge on any atom is -0.353 e. The number of aromatic nitrogens is 1. The van der Waals surface area contributed by atoms with Crippen LogP contribution in [0.4, 0.5) is 10.6 Å². The molecule has 1 aliphatic heterocycles. The Labute approximate surface area is 158 Å². The van der Waals surface area contributed by atoms with Crippen LogP contribution in [0.25, 0.3) is 0 Å². The van der Waals surface area contributed by atoms with Crippen LogP contribution in [0, 0.1) is 11.3 Å². The first-order chi connectivity index (χ1) is 12.6. The Balaban J connectivity index is 1.53. The van der Waals surface area contributed by atoms with Gasteiger partial charge in [0.25, 0.3) is 0 Å². The number of halogens is 1. The van der Waals surface area contributed by atoms with Crippen molar-refractivity contribution in [3.63, 3.8) is 0 Å². The molecule has 1 saturated heterocycles. The van der Waals surface area contributed by atoms with Crippen LogP contribution >= 0.6 is 11.6 Å². The fraction of sp³-hybridized carbons (Fsp3) is 0.316. The van der Waals surface area contributed by atoms with Crippen molar-refractivity contribution in [2.24, 2.45) is 0 Å². The third-order valence-electron chi connectivity index (χ3n) is 4.48. The topological polar surface area (TPSA) is 72.3 Å². The first kappa shape index (κ1) is 18.0. The van der Waals surface area contributed by atoms with Crippen molar-refractivity contribution < 1.29 is 4.79 Å². The van der Waals surface area contributed by atoms with Crippen LogP contribution in [0.1, 0.15) is 24.1 Å². The van der Waals surface area contributed by atoms with Crippen LogP contribution in [0.5, 0.6) is 0 Å². The first-order valence-corrected chi connectivity index (χ1v) is 8.86. The van der Waals surface area contributed by atoms with E-state index in [0.717, 1.165) is 24.5 Å². The molecule has 1 fully saturated rings. The van der Waals surface area contributed by atoms with E-state index in [9.17, 15) is 4.79 Å². The molecule has 0 radical (unpaired) electrons. The van der Waals surface area contributed by atoms with Crippen LogP contribution in [-0.2, 0) is 0 Å². The molecule has 0 aliphatic carbocycles. The number of hydrogen-bond donors (Lipinski definition) is 1. The summed E-state index contributed by atoms with van der Waals surface area (Å²) in [6, 6.07) is 12.9. The van der Waals surface area contributed by atoms with Crippen LogP contribution < -0.4 is 10.2 Å². The molecular weight excluding hydrogens is 350 g/mol. The van der Waals surface area contributed by atoms with Gasteiger partial charge in [-0.15, -0.1) is 0 Å². The van der Waals surface area contributed by atoms with Gasteiger partial charge in [-0.2, -0.15) is 5.26 Å². The van der Waals surface area contributed by atoms with Gasteiger partial charge in [0, 0.05) is 32.4 Å². The molecule has 0 saturated carbocycles. The van der Waals surface area contributed by atoms with Crippen molar-refractivity contribution in [3.05, 3.63) is 58.7 Å². The zero-order valence-electron chi connectivity index (χ0n) is 14.5. The molecule has 2 heterocycles. The number of rotatable bonds is 3. The van der Waals surface area contributed by atoms with E-state index >= 15 is 0 Å². The third-order valence-corrected chi connectivity index (χ3v) is 4.71. The van der Waals surface area contributed by atoms with Crippen molar-refractivity contribution in [2.45, 2.75) is 13.0 Å². The van der Waals surface area contributed by atoms with Crippen LogP contribution in [0.3, 0.4) is 0 Å². The van der Waals surface area contributed by atoms with E-state index in [1.165, 1.54) is 0 Å². The lowest BCUT2D eigenvalue weighted by molar-refractivity contribution is 0.191. The summed E-state index contributed by atoms with van der Waals surface area (Å²) >= 11 is 5.87. The summed E-state index contributed by atoms with van der Waals surface area (Å²) in [4.78, 5) is 20.8. The highest BCUT2D eigenvalue weighted by Crippen LogP contribution is 2.17. The molecule has 0 bridgehead atoms. The van der Waals surface area contributed by atoms with E-state index in [0.29, 0.717) is 23.7 Å². The lowest BCUT2D eigenvalue weighted by atomic mass is 10.1. The summed E-state index contributed by atoms with van der Waals surface area (Å²) in [6.07, 6.45) is 1.63. The van der Waals surface area contributed by atoms with Gasteiger partial charge in [-0.25, -0.2) is 9.78 Å². The maximum Gasteiger partial charge on any atom is 0.317 e. The number of nitrogens with one attached hydrogen (secondary N) is 1. The van der Waals surface area contributed by atoms with Crippen molar-refractivity contribution >= 4 is 23.4 Å². The van der Waals surface area contributed by atoms with Crippen molar-refractivity contribution in [3.8, 4) is 6.07 Å². The fourth-order valence-electron chi connectivity index (χ4n) is 2.90. The lowest BCUT2D eigenvalue weighted by Gasteiger charge is -2.36. The number of hydrogen-bond acceptors (Lipinski definition) is 4. The average Bonchev–Trinajstić information content (AvgIpc) is 2.68. The number of pyridine rings is 1. The highest BCUT2D eigenvalue weighted by molar-refractivity contribution is 6.30. The normalized spacial score (nSPS) is 15.3. The number of benzene rings is 1. The summed E-state index contributed by atoms with van der Waals surface area (Å²) in [5, 5.41) is 12.5. The Kier molecular flexibility index (Phi) is 5.59. The molecule has 7 heteroatoms. The molecule has 3 rings (SSSR count). The Morgan fingerprint density at radius 3 is 2.46 bits per heavy atom. The van der Waals surface area contributed by atoms with E-state index in [1.54, 1.807) is 18.3 Å². The van der Waals surface area contributed by atoms with Gasteiger partial charge in [0.15, 0.2) is 0 Å². The largest absolute Gasteiger partial charge is 0.353 e. The molecule has 1 aromatic heterocycles. The minimum atomic E-state index is -0.119. The van der Waals surface area contributed by atoms with Gasteiger partial charge < -0.3 is 15.1 Å². The zero-order chi connectivity index (χ0) is 18.5. The van der Waals surface area contributed by atoms with Crippen molar-refractivity contribution in [2.75, 3.05) is 31.1 Å². The number of carbonyl (C=O) groups excluding carboxylic acids is 1. The van der Waals surface area contributed by atoms with E-state index < -0.39 is 0 Å². The van der Waals surface area contributed by atoms with Gasteiger partial charge in [0.1, 0.15) is 5.82 Å². The summed E-state index contributed by atoms with van der Waals surface area (Å²) in [7, 11) is 0. The summed E-state index contributed by atoms with van der Waals surface area (Å²) in [5.41, 5.74) is 1.58. The average molecular weight is 370 g/mol. The highest BCUT2D eigenvalue weighted by atomic mass is 35.5. The molecule has 1 atom stereocenters. The Morgan fingerprint density at radius 2 is 1.88 bits per heavy atom. The number of anilines is 1. The van der Waals surface area contributed by atoms with Gasteiger partial charge >= 0.3 is 6.03 Å². The van der Waals surface area contributed by atoms with E-state index in [-0.39, 0.29) is 12.1 Å². The van der Waals surface area contributed by atoms with Crippen LogP contribution in [0.2, 0.25) is 5.02 Å². The second kappa shape index (κ2) is 8.07. The minimum absolute atomic E-state index is 0.0782. The highest BCUT2D eigenvalue weighted by Gasteiger charge is 2.23. The number of nitriles is 1. The van der Waals surface area contributed by atoms with Gasteiger partial charge in [0.2, 0.25) is 0 Å². The molecule has 0 spiro atoms. The van der Waals surface area contributed by atoms with Gasteiger partial charge in [-0.3, -0.25) is 0 Å². The molecule has 6 nitrogen and oxygen atoms in total. The predicted octanol–water partition coefficient (Wildman–Crippen LogP) is 3.20. The second-order valence-corrected chi connectivity index (χ2v) is 6.65. The molecule has 1 aromatic carbocycles. The van der Waals surface area contributed by atoms with E-state index in [2.05, 4.69) is 21.3 Å². The van der Waals surface area contributed by atoms with Crippen molar-refractivity contribution in [1.29, 1.82) is 5.26 Å². The quantitative estimate of drug-likeness (QED) is 0.901. The smallest absolute Gasteiger partial charge is 0.317 e. The van der Waals surface area contributed by atoms with Gasteiger partial charge in [-0.05, 0) is 36.8 Å². The molecule has 134 valence electrons. The Hall–Kier alpha value is -2.78. The van der Waals surface area contributed by atoms with Crippen LogP contribution in [-0.4, -0.2) is 42.1 Å². The number of amides is 2. The molecule has 1 unspecified atom stereocenters. The molecule has 2 amide bonds. The number of piperazine rings is 1. The van der Waals surface area contributed by atoms with E-state index in [4.69, 9.17) is 16.9 Å². The fourth-order valence-corrected chi connectivity index (χ4v) is 3.01. The lowest BCUT2D eigenvalue weighted by Crippen LogP contribution is -2.52. The van der Waals surface area contributed by atoms with Crippen LogP contribution in [0.15, 0.2) is 42.6 Å². The summed E-state index contributed by atoms with van der Waals surface area (Å²) < 4.78 is 0. The SMILES string of the molecule is CC(NC(=O)N1CCN(c2ccc(Cl)cn2)CC1)c1ccc(C#N)cc1. The molecule has 1 N–H and O–H groups in total. The summed E-state index contributed by atoms with van der Waals surface area (Å²) in [5.74, 6) is 0.875. The van der Waals surface area contributed by atoms with Gasteiger partial charge in [-0.1, -0.05) is 23.7 Å².